The van der Waals surface area contributed by atoms with Gasteiger partial charge >= 0.3 is 0 Å². The topological polar surface area (TPSA) is 64.4 Å². The number of benzene rings is 1. The Labute approximate surface area is 114 Å². The molecule has 0 aliphatic rings. The lowest BCUT2D eigenvalue weighted by molar-refractivity contribution is -0.384. The van der Waals surface area contributed by atoms with Crippen molar-refractivity contribution in [1.29, 1.82) is 0 Å². The smallest absolute Gasteiger partial charge is 0.269 e. The first-order chi connectivity index (χ1) is 9.24. The van der Waals surface area contributed by atoms with Crippen molar-refractivity contribution in [3.63, 3.8) is 0 Å². The Hall–Kier alpha value is -1.46. The van der Waals surface area contributed by atoms with Gasteiger partial charge in [0, 0.05) is 25.3 Å². The Morgan fingerprint density at radius 3 is 2.58 bits per heavy atom. The Morgan fingerprint density at radius 2 is 1.95 bits per heavy atom. The van der Waals surface area contributed by atoms with E-state index in [9.17, 15) is 10.1 Å². The van der Waals surface area contributed by atoms with Gasteiger partial charge in [0.2, 0.25) is 0 Å². The van der Waals surface area contributed by atoms with Gasteiger partial charge in [-0.1, -0.05) is 19.1 Å². The van der Waals surface area contributed by atoms with Crippen molar-refractivity contribution < 1.29 is 9.66 Å². The molecule has 1 aromatic rings. The molecule has 5 heteroatoms. The molecule has 0 aromatic heterocycles. The van der Waals surface area contributed by atoms with Crippen molar-refractivity contribution in [3.05, 3.63) is 39.9 Å². The molecule has 1 rings (SSSR count). The first-order valence-corrected chi connectivity index (χ1v) is 6.76. The van der Waals surface area contributed by atoms with E-state index in [2.05, 4.69) is 12.2 Å². The zero-order valence-corrected chi connectivity index (χ0v) is 11.4. The standard InChI is InChI=1S/C14H22N2O3/c1-2-11-19-12-3-9-15-10-8-13-4-6-14(7-5-13)16(17)18/h4-7,15H,2-3,8-12H2,1H3. The maximum Gasteiger partial charge on any atom is 0.269 e. The van der Waals surface area contributed by atoms with Gasteiger partial charge in [-0.15, -0.1) is 0 Å². The van der Waals surface area contributed by atoms with Gasteiger partial charge in [0.05, 0.1) is 4.92 Å². The number of nitro benzene ring substituents is 1. The summed E-state index contributed by atoms with van der Waals surface area (Å²) in [4.78, 5) is 10.1. The molecular formula is C14H22N2O3. The molecule has 0 amide bonds. The van der Waals surface area contributed by atoms with Crippen LogP contribution < -0.4 is 5.32 Å². The van der Waals surface area contributed by atoms with Crippen LogP contribution in [0.4, 0.5) is 5.69 Å². The average molecular weight is 266 g/mol. The van der Waals surface area contributed by atoms with Crippen molar-refractivity contribution in [2.24, 2.45) is 0 Å². The van der Waals surface area contributed by atoms with E-state index in [-0.39, 0.29) is 10.6 Å². The summed E-state index contributed by atoms with van der Waals surface area (Å²) in [5.74, 6) is 0. The van der Waals surface area contributed by atoms with E-state index in [1.165, 1.54) is 0 Å². The lowest BCUT2D eigenvalue weighted by Gasteiger charge is -2.05. The number of nitro groups is 1. The lowest BCUT2D eigenvalue weighted by Crippen LogP contribution is -2.19. The van der Waals surface area contributed by atoms with E-state index < -0.39 is 0 Å². The average Bonchev–Trinajstić information content (AvgIpc) is 2.42. The highest BCUT2D eigenvalue weighted by Crippen LogP contribution is 2.11. The maximum absolute atomic E-state index is 10.5. The van der Waals surface area contributed by atoms with Crippen molar-refractivity contribution >= 4 is 5.69 Å². The third-order valence-electron chi connectivity index (χ3n) is 2.73. The Bertz CT molecular complexity index is 365. The van der Waals surface area contributed by atoms with Crippen LogP contribution in [-0.4, -0.2) is 31.2 Å². The van der Waals surface area contributed by atoms with Crippen LogP contribution in [-0.2, 0) is 11.2 Å². The highest BCUT2D eigenvalue weighted by atomic mass is 16.6. The number of nitrogens with one attached hydrogen (secondary N) is 1. The Kier molecular flexibility index (Phi) is 7.77. The minimum atomic E-state index is -0.377. The summed E-state index contributed by atoms with van der Waals surface area (Å²) in [6.07, 6.45) is 2.96. The van der Waals surface area contributed by atoms with Crippen molar-refractivity contribution in [2.75, 3.05) is 26.3 Å². The van der Waals surface area contributed by atoms with Gasteiger partial charge in [-0.2, -0.15) is 0 Å². The van der Waals surface area contributed by atoms with Gasteiger partial charge < -0.3 is 10.1 Å². The second-order valence-corrected chi connectivity index (χ2v) is 4.39. The summed E-state index contributed by atoms with van der Waals surface area (Å²) in [7, 11) is 0. The van der Waals surface area contributed by atoms with Gasteiger partial charge in [0.25, 0.3) is 5.69 Å². The molecule has 5 nitrogen and oxygen atoms in total. The molecule has 0 saturated carbocycles. The van der Waals surface area contributed by atoms with Crippen LogP contribution in [0.15, 0.2) is 24.3 Å². The molecule has 0 atom stereocenters. The number of rotatable bonds is 10. The van der Waals surface area contributed by atoms with Crippen LogP contribution in [0.1, 0.15) is 25.3 Å². The highest BCUT2D eigenvalue weighted by molar-refractivity contribution is 5.32. The maximum atomic E-state index is 10.5. The lowest BCUT2D eigenvalue weighted by atomic mass is 10.1. The van der Waals surface area contributed by atoms with Gasteiger partial charge in [0.1, 0.15) is 0 Å². The normalized spacial score (nSPS) is 10.6. The van der Waals surface area contributed by atoms with Gasteiger partial charge in [0.15, 0.2) is 0 Å². The minimum Gasteiger partial charge on any atom is -0.381 e. The molecule has 0 fully saturated rings. The quantitative estimate of drug-likeness (QED) is 0.401. The summed E-state index contributed by atoms with van der Waals surface area (Å²) in [5.41, 5.74) is 1.25. The molecule has 19 heavy (non-hydrogen) atoms. The molecule has 0 heterocycles. The zero-order chi connectivity index (χ0) is 13.9. The van der Waals surface area contributed by atoms with E-state index in [1.807, 2.05) is 12.1 Å². The SMILES string of the molecule is CCCOCCCNCCc1ccc([N+](=O)[O-])cc1. The molecular weight excluding hydrogens is 244 g/mol. The third kappa shape index (κ3) is 6.88. The fourth-order valence-electron chi connectivity index (χ4n) is 1.69. The highest BCUT2D eigenvalue weighted by Gasteiger charge is 2.03. The molecule has 0 aliphatic carbocycles. The van der Waals surface area contributed by atoms with Gasteiger partial charge in [-0.3, -0.25) is 10.1 Å². The molecule has 0 spiro atoms. The summed E-state index contributed by atoms with van der Waals surface area (Å²) in [5, 5.41) is 13.8. The summed E-state index contributed by atoms with van der Waals surface area (Å²) >= 11 is 0. The second-order valence-electron chi connectivity index (χ2n) is 4.39. The predicted octanol–water partition coefficient (Wildman–Crippen LogP) is 2.54. The largest absolute Gasteiger partial charge is 0.381 e. The number of nitrogens with zero attached hydrogens (tertiary/aromatic N) is 1. The first kappa shape index (κ1) is 15.6. The fourth-order valence-corrected chi connectivity index (χ4v) is 1.69. The molecule has 0 unspecified atom stereocenters. The van der Waals surface area contributed by atoms with Gasteiger partial charge in [-0.25, -0.2) is 0 Å². The molecule has 0 saturated heterocycles. The van der Waals surface area contributed by atoms with Crippen LogP contribution in [0.2, 0.25) is 0 Å². The summed E-state index contributed by atoms with van der Waals surface area (Å²) in [6, 6.07) is 6.72. The number of ether oxygens (including phenoxy) is 1. The Balaban J connectivity index is 2.07. The summed E-state index contributed by atoms with van der Waals surface area (Å²) in [6.45, 7) is 5.56. The van der Waals surface area contributed by atoms with Crippen molar-refractivity contribution in [1.82, 2.24) is 5.32 Å². The monoisotopic (exact) mass is 266 g/mol. The van der Waals surface area contributed by atoms with E-state index in [0.29, 0.717) is 0 Å². The Morgan fingerprint density at radius 1 is 1.21 bits per heavy atom. The molecule has 0 aliphatic heterocycles. The zero-order valence-electron chi connectivity index (χ0n) is 11.4. The van der Waals surface area contributed by atoms with E-state index in [0.717, 1.165) is 51.1 Å². The number of hydrogen-bond acceptors (Lipinski definition) is 4. The predicted molar refractivity (Wildman–Crippen MR) is 75.4 cm³/mol. The second kappa shape index (κ2) is 9.47. The molecule has 0 bridgehead atoms. The molecule has 0 radical (unpaired) electrons. The first-order valence-electron chi connectivity index (χ1n) is 6.76. The minimum absolute atomic E-state index is 0.143. The van der Waals surface area contributed by atoms with E-state index >= 15 is 0 Å². The van der Waals surface area contributed by atoms with Gasteiger partial charge in [-0.05, 0) is 37.9 Å². The third-order valence-corrected chi connectivity index (χ3v) is 2.73. The molecule has 1 aromatic carbocycles. The van der Waals surface area contributed by atoms with E-state index in [1.54, 1.807) is 12.1 Å². The van der Waals surface area contributed by atoms with Crippen LogP contribution >= 0.6 is 0 Å². The van der Waals surface area contributed by atoms with Crippen LogP contribution in [0.3, 0.4) is 0 Å². The van der Waals surface area contributed by atoms with Crippen LogP contribution in [0, 0.1) is 10.1 Å². The summed E-state index contributed by atoms with van der Waals surface area (Å²) < 4.78 is 5.38. The van der Waals surface area contributed by atoms with Crippen molar-refractivity contribution in [3.8, 4) is 0 Å². The van der Waals surface area contributed by atoms with Crippen LogP contribution in [0.5, 0.6) is 0 Å². The number of non-ortho nitro benzene ring substituents is 1. The molecule has 1 N–H and O–H groups in total. The number of hydrogen-bond donors (Lipinski definition) is 1. The molecule has 106 valence electrons. The van der Waals surface area contributed by atoms with E-state index in [4.69, 9.17) is 4.74 Å². The van der Waals surface area contributed by atoms with Crippen LogP contribution in [0.25, 0.3) is 0 Å². The van der Waals surface area contributed by atoms with Crippen molar-refractivity contribution in [2.45, 2.75) is 26.2 Å². The fraction of sp³-hybridized carbons (Fsp3) is 0.571.